The summed E-state index contributed by atoms with van der Waals surface area (Å²) < 4.78 is 1.16. The highest BCUT2D eigenvalue weighted by Crippen LogP contribution is 2.33. The summed E-state index contributed by atoms with van der Waals surface area (Å²) in [6.45, 7) is -0.151. The van der Waals surface area contributed by atoms with Gasteiger partial charge in [-0.15, -0.1) is 16.4 Å². The van der Waals surface area contributed by atoms with Crippen molar-refractivity contribution in [3.8, 4) is 0 Å². The maximum atomic E-state index is 12.9. The van der Waals surface area contributed by atoms with E-state index in [1.165, 1.54) is 4.88 Å². The van der Waals surface area contributed by atoms with Crippen LogP contribution < -0.4 is 15.8 Å². The van der Waals surface area contributed by atoms with E-state index < -0.39 is 0 Å². The molecule has 0 radical (unpaired) electrons. The number of nitrogens with zero attached hydrogens (tertiary/aromatic N) is 4. The van der Waals surface area contributed by atoms with Gasteiger partial charge in [0.15, 0.2) is 4.83 Å². The van der Waals surface area contributed by atoms with Crippen molar-refractivity contribution >= 4 is 38.8 Å². The minimum absolute atomic E-state index is 0.151. The molecule has 1 aliphatic carbocycles. The number of aromatic nitrogens is 3. The lowest BCUT2D eigenvalue weighted by Gasteiger charge is -2.13. The highest BCUT2D eigenvalue weighted by Gasteiger charge is 2.21. The Hall–Kier alpha value is -2.74. The van der Waals surface area contributed by atoms with E-state index in [0.717, 1.165) is 41.6 Å². The first kappa shape index (κ1) is 17.7. The third kappa shape index (κ3) is 3.44. The second kappa shape index (κ2) is 7.11. The Morgan fingerprint density at radius 1 is 1.22 bits per heavy atom. The number of thiophene rings is 1. The van der Waals surface area contributed by atoms with E-state index in [-0.39, 0.29) is 18.0 Å². The van der Waals surface area contributed by atoms with Crippen molar-refractivity contribution in [3.05, 3.63) is 45.1 Å². The normalized spacial score (nSPS) is 13.4. The van der Waals surface area contributed by atoms with Crippen LogP contribution in [-0.2, 0) is 24.2 Å². The van der Waals surface area contributed by atoms with Crippen LogP contribution in [0.2, 0.25) is 0 Å². The molecule has 8 heteroatoms. The van der Waals surface area contributed by atoms with Crippen LogP contribution in [-0.4, -0.2) is 35.0 Å². The van der Waals surface area contributed by atoms with Crippen molar-refractivity contribution in [1.82, 2.24) is 15.0 Å². The lowest BCUT2D eigenvalue weighted by molar-refractivity contribution is -0.117. The molecule has 0 unspecified atom stereocenters. The quantitative estimate of drug-likeness (QED) is 0.748. The predicted molar refractivity (Wildman–Crippen MR) is 108 cm³/mol. The lowest BCUT2D eigenvalue weighted by atomic mass is 9.97. The molecule has 0 spiro atoms. The predicted octanol–water partition coefficient (Wildman–Crippen LogP) is 2.44. The molecule has 0 bridgehead atoms. The van der Waals surface area contributed by atoms with E-state index in [0.29, 0.717) is 15.9 Å². The maximum absolute atomic E-state index is 12.9. The van der Waals surface area contributed by atoms with Gasteiger partial charge in [0, 0.05) is 30.3 Å². The molecule has 0 aliphatic heterocycles. The number of carbonyl (C=O) groups excluding carboxylic acids is 1. The van der Waals surface area contributed by atoms with Crippen molar-refractivity contribution in [1.29, 1.82) is 0 Å². The molecule has 3 aromatic rings. The van der Waals surface area contributed by atoms with Gasteiger partial charge >= 0.3 is 0 Å². The average molecular weight is 383 g/mol. The van der Waals surface area contributed by atoms with Crippen LogP contribution in [0.1, 0.15) is 23.3 Å². The standard InChI is InChI=1S/C19H21N5O2S/c1-23(2)13-9-7-12(8-10-13)20-16(25)11-24-19(26)17-14-5-3-4-6-15(14)27-18(17)21-22-24/h7-10H,3-6,11H2,1-2H3,(H,20,25). The van der Waals surface area contributed by atoms with Gasteiger partial charge in [0.1, 0.15) is 6.54 Å². The molecule has 0 atom stereocenters. The third-order valence-electron chi connectivity index (χ3n) is 4.81. The molecule has 1 aliphatic rings. The molecule has 7 nitrogen and oxygen atoms in total. The Labute approximate surface area is 160 Å². The molecule has 1 amide bonds. The van der Waals surface area contributed by atoms with E-state index >= 15 is 0 Å². The Morgan fingerprint density at radius 2 is 1.96 bits per heavy atom. The summed E-state index contributed by atoms with van der Waals surface area (Å²) in [6, 6.07) is 7.51. The number of fused-ring (bicyclic) bond motifs is 3. The smallest absolute Gasteiger partial charge is 0.279 e. The number of hydrogen-bond donors (Lipinski definition) is 1. The minimum atomic E-state index is -0.299. The number of carbonyl (C=O) groups is 1. The van der Waals surface area contributed by atoms with Gasteiger partial charge in [-0.3, -0.25) is 9.59 Å². The van der Waals surface area contributed by atoms with Crippen LogP contribution in [0.3, 0.4) is 0 Å². The number of rotatable bonds is 4. The van der Waals surface area contributed by atoms with Crippen molar-refractivity contribution in [3.63, 3.8) is 0 Å². The van der Waals surface area contributed by atoms with Crippen LogP contribution in [0.25, 0.3) is 10.2 Å². The van der Waals surface area contributed by atoms with E-state index in [1.807, 2.05) is 43.3 Å². The van der Waals surface area contributed by atoms with Gasteiger partial charge in [0.05, 0.1) is 5.39 Å². The van der Waals surface area contributed by atoms with E-state index in [2.05, 4.69) is 15.6 Å². The largest absolute Gasteiger partial charge is 0.378 e. The van der Waals surface area contributed by atoms with Crippen molar-refractivity contribution in [2.24, 2.45) is 0 Å². The van der Waals surface area contributed by atoms with Gasteiger partial charge in [-0.1, -0.05) is 5.21 Å². The Balaban J connectivity index is 1.55. The summed E-state index contributed by atoms with van der Waals surface area (Å²) in [5.41, 5.74) is 2.61. The molecule has 0 saturated carbocycles. The molecule has 27 heavy (non-hydrogen) atoms. The summed E-state index contributed by atoms with van der Waals surface area (Å²) >= 11 is 1.56. The van der Waals surface area contributed by atoms with Gasteiger partial charge in [-0.2, -0.15) is 0 Å². The van der Waals surface area contributed by atoms with E-state index in [1.54, 1.807) is 11.3 Å². The first-order valence-electron chi connectivity index (χ1n) is 8.98. The number of anilines is 2. The molecule has 1 N–H and O–H groups in total. The molecule has 2 aromatic heterocycles. The molecule has 140 valence electrons. The first-order chi connectivity index (χ1) is 13.0. The Kier molecular flexibility index (Phi) is 4.65. The number of benzene rings is 1. The second-order valence-electron chi connectivity index (χ2n) is 6.93. The third-order valence-corrected chi connectivity index (χ3v) is 5.98. The molecule has 4 rings (SSSR count). The Bertz CT molecular complexity index is 1050. The number of nitrogens with one attached hydrogen (secondary N) is 1. The topological polar surface area (TPSA) is 80.1 Å². The first-order valence-corrected chi connectivity index (χ1v) is 9.80. The molecular weight excluding hydrogens is 362 g/mol. The van der Waals surface area contributed by atoms with Crippen LogP contribution >= 0.6 is 11.3 Å². The van der Waals surface area contributed by atoms with E-state index in [4.69, 9.17) is 0 Å². The summed E-state index contributed by atoms with van der Waals surface area (Å²) in [5, 5.41) is 11.6. The summed E-state index contributed by atoms with van der Waals surface area (Å²) in [7, 11) is 3.91. The fraction of sp³-hybridized carbons (Fsp3) is 0.368. The molecule has 0 fully saturated rings. The van der Waals surface area contributed by atoms with Crippen LogP contribution in [0.5, 0.6) is 0 Å². The van der Waals surface area contributed by atoms with E-state index in [9.17, 15) is 9.59 Å². The fourth-order valence-electron chi connectivity index (χ4n) is 3.39. The summed E-state index contributed by atoms with van der Waals surface area (Å²) in [4.78, 5) is 29.1. The highest BCUT2D eigenvalue weighted by atomic mass is 32.1. The molecule has 1 aromatic carbocycles. The summed E-state index contributed by atoms with van der Waals surface area (Å²) in [6.07, 6.45) is 4.14. The minimum Gasteiger partial charge on any atom is -0.378 e. The zero-order valence-electron chi connectivity index (χ0n) is 15.4. The molecule has 2 heterocycles. The zero-order valence-corrected chi connectivity index (χ0v) is 16.2. The average Bonchev–Trinajstić information content (AvgIpc) is 3.04. The second-order valence-corrected chi connectivity index (χ2v) is 8.02. The Morgan fingerprint density at radius 3 is 2.70 bits per heavy atom. The van der Waals surface area contributed by atoms with Gasteiger partial charge in [-0.05, 0) is 55.5 Å². The van der Waals surface area contributed by atoms with Gasteiger partial charge in [-0.25, -0.2) is 4.68 Å². The SMILES string of the molecule is CN(C)c1ccc(NC(=O)Cn2nnc3sc4c(c3c2=O)CCCC4)cc1. The van der Waals surface area contributed by atoms with Gasteiger partial charge in [0.2, 0.25) is 5.91 Å². The maximum Gasteiger partial charge on any atom is 0.279 e. The van der Waals surface area contributed by atoms with Gasteiger partial charge < -0.3 is 10.2 Å². The van der Waals surface area contributed by atoms with Crippen LogP contribution in [0, 0.1) is 0 Å². The highest BCUT2D eigenvalue weighted by molar-refractivity contribution is 7.18. The number of aryl methyl sites for hydroxylation is 2. The zero-order chi connectivity index (χ0) is 19.0. The lowest BCUT2D eigenvalue weighted by Crippen LogP contribution is -2.30. The van der Waals surface area contributed by atoms with Crippen molar-refractivity contribution < 1.29 is 4.79 Å². The van der Waals surface area contributed by atoms with Crippen molar-refractivity contribution in [2.45, 2.75) is 32.2 Å². The fourth-order valence-corrected chi connectivity index (χ4v) is 4.59. The number of amides is 1. The van der Waals surface area contributed by atoms with Crippen LogP contribution in [0.4, 0.5) is 11.4 Å². The van der Waals surface area contributed by atoms with Gasteiger partial charge in [0.25, 0.3) is 5.56 Å². The molecule has 0 saturated heterocycles. The number of hydrogen-bond acceptors (Lipinski definition) is 6. The monoisotopic (exact) mass is 383 g/mol. The molecular formula is C19H21N5O2S. The summed E-state index contributed by atoms with van der Waals surface area (Å²) in [5.74, 6) is -0.299. The van der Waals surface area contributed by atoms with Crippen molar-refractivity contribution in [2.75, 3.05) is 24.3 Å². The van der Waals surface area contributed by atoms with Crippen LogP contribution in [0.15, 0.2) is 29.1 Å².